The molecule has 5 nitrogen and oxygen atoms in total. The summed E-state index contributed by atoms with van der Waals surface area (Å²) in [6.45, 7) is 5.82. The predicted octanol–water partition coefficient (Wildman–Crippen LogP) is 1.18. The van der Waals surface area contributed by atoms with E-state index in [-0.39, 0.29) is 18.4 Å². The molecule has 0 radical (unpaired) electrons. The topological polar surface area (TPSA) is 60.9 Å². The molecule has 2 rings (SSSR count). The Balaban J connectivity index is 1.96. The average Bonchev–Trinajstić information content (AvgIpc) is 2.70. The van der Waals surface area contributed by atoms with Crippen molar-refractivity contribution >= 4 is 11.9 Å². The number of carbonyl (C=O) groups excluding carboxylic acids is 1. The van der Waals surface area contributed by atoms with Crippen LogP contribution in [0.3, 0.4) is 0 Å². The number of carboxylic acids is 1. The molecule has 0 bridgehead atoms. The van der Waals surface area contributed by atoms with Crippen LogP contribution in [0.15, 0.2) is 0 Å². The van der Waals surface area contributed by atoms with Crippen molar-refractivity contribution in [2.75, 3.05) is 19.6 Å². The molecular weight excluding hydrogens is 244 g/mol. The molecule has 0 aromatic heterocycles. The minimum absolute atomic E-state index is 0.0903. The van der Waals surface area contributed by atoms with Gasteiger partial charge in [0.15, 0.2) is 0 Å². The lowest BCUT2D eigenvalue weighted by atomic mass is 10.0. The first-order chi connectivity index (χ1) is 9.00. The fraction of sp³-hybridized carbons (Fsp3) is 0.857. The minimum atomic E-state index is -0.801. The van der Waals surface area contributed by atoms with Crippen LogP contribution in [0.1, 0.15) is 39.5 Å². The molecule has 1 N–H and O–H groups in total. The zero-order chi connectivity index (χ0) is 14.0. The number of hydrogen-bond acceptors (Lipinski definition) is 3. The molecule has 108 valence electrons. The smallest absolute Gasteiger partial charge is 0.321 e. The Bertz CT molecular complexity index is 359. The molecule has 5 heteroatoms. The van der Waals surface area contributed by atoms with Crippen molar-refractivity contribution in [3.8, 4) is 0 Å². The first kappa shape index (κ1) is 14.3. The van der Waals surface area contributed by atoms with E-state index in [1.807, 2.05) is 16.7 Å². The summed E-state index contributed by atoms with van der Waals surface area (Å²) in [5.41, 5.74) is 0. The highest BCUT2D eigenvalue weighted by Crippen LogP contribution is 2.25. The highest BCUT2D eigenvalue weighted by molar-refractivity contribution is 5.80. The number of amides is 1. The summed E-state index contributed by atoms with van der Waals surface area (Å²) in [4.78, 5) is 27.4. The van der Waals surface area contributed by atoms with Crippen molar-refractivity contribution in [1.29, 1.82) is 0 Å². The lowest BCUT2D eigenvalue weighted by Gasteiger charge is -2.35. The van der Waals surface area contributed by atoms with Gasteiger partial charge in [-0.2, -0.15) is 0 Å². The third-order valence-electron chi connectivity index (χ3n) is 4.52. The summed E-state index contributed by atoms with van der Waals surface area (Å²) in [6.07, 6.45) is 4.17. The maximum Gasteiger partial charge on any atom is 0.321 e. The molecular formula is C14H24N2O3. The highest BCUT2D eigenvalue weighted by atomic mass is 16.4. The normalized spacial score (nSPS) is 32.5. The molecule has 0 aromatic rings. The van der Waals surface area contributed by atoms with E-state index in [2.05, 4.69) is 6.92 Å². The van der Waals surface area contributed by atoms with Gasteiger partial charge in [-0.3, -0.25) is 14.5 Å². The molecule has 0 saturated carbocycles. The van der Waals surface area contributed by atoms with E-state index >= 15 is 0 Å². The van der Waals surface area contributed by atoms with Gasteiger partial charge >= 0.3 is 5.97 Å². The zero-order valence-corrected chi connectivity index (χ0v) is 11.8. The van der Waals surface area contributed by atoms with Crippen LogP contribution >= 0.6 is 0 Å². The van der Waals surface area contributed by atoms with Crippen molar-refractivity contribution < 1.29 is 14.7 Å². The van der Waals surface area contributed by atoms with Crippen molar-refractivity contribution in [2.24, 2.45) is 5.92 Å². The van der Waals surface area contributed by atoms with Crippen LogP contribution in [0.25, 0.3) is 0 Å². The molecule has 2 aliphatic heterocycles. The fourth-order valence-corrected chi connectivity index (χ4v) is 3.34. The number of nitrogens with zero attached hydrogens (tertiary/aromatic N) is 2. The van der Waals surface area contributed by atoms with E-state index in [0.29, 0.717) is 12.6 Å². The van der Waals surface area contributed by atoms with Gasteiger partial charge < -0.3 is 10.0 Å². The number of carbonyl (C=O) groups is 2. The molecule has 3 unspecified atom stereocenters. The van der Waals surface area contributed by atoms with Crippen molar-refractivity contribution in [2.45, 2.75) is 51.6 Å². The van der Waals surface area contributed by atoms with E-state index in [1.54, 1.807) is 0 Å². The maximum absolute atomic E-state index is 12.3. The molecule has 2 heterocycles. The van der Waals surface area contributed by atoms with Gasteiger partial charge in [-0.1, -0.05) is 6.92 Å². The molecule has 2 aliphatic rings. The van der Waals surface area contributed by atoms with E-state index in [1.165, 1.54) is 6.42 Å². The second kappa shape index (κ2) is 5.90. The number of carboxylic acid groups (broad SMARTS) is 1. The first-order valence-electron chi connectivity index (χ1n) is 7.27. The Kier molecular flexibility index (Phi) is 4.45. The van der Waals surface area contributed by atoms with E-state index in [9.17, 15) is 14.7 Å². The molecule has 2 fully saturated rings. The average molecular weight is 268 g/mol. The zero-order valence-electron chi connectivity index (χ0n) is 11.8. The molecule has 1 amide bonds. The summed E-state index contributed by atoms with van der Waals surface area (Å²) in [7, 11) is 0. The second-order valence-electron chi connectivity index (χ2n) is 5.95. The molecule has 3 atom stereocenters. The highest BCUT2D eigenvalue weighted by Gasteiger charge is 2.38. The number of likely N-dealkylation sites (tertiary alicyclic amines) is 2. The van der Waals surface area contributed by atoms with E-state index in [4.69, 9.17) is 0 Å². The standard InChI is InChI=1S/C14H24N2O3/c1-10-6-8-15(13(10)14(18)19)9-12(17)16-7-4-3-5-11(16)2/h10-11,13H,3-9H2,1-2H3,(H,18,19). The molecule has 0 spiro atoms. The Morgan fingerprint density at radius 2 is 1.89 bits per heavy atom. The minimum Gasteiger partial charge on any atom is -0.480 e. The second-order valence-corrected chi connectivity index (χ2v) is 5.95. The summed E-state index contributed by atoms with van der Waals surface area (Å²) < 4.78 is 0. The van der Waals surface area contributed by atoms with Crippen LogP contribution in [0.2, 0.25) is 0 Å². The fourth-order valence-electron chi connectivity index (χ4n) is 3.34. The number of aliphatic carboxylic acids is 1. The third kappa shape index (κ3) is 3.08. The van der Waals surface area contributed by atoms with Gasteiger partial charge in [0.1, 0.15) is 6.04 Å². The monoisotopic (exact) mass is 268 g/mol. The quantitative estimate of drug-likeness (QED) is 0.835. The van der Waals surface area contributed by atoms with Crippen LogP contribution in [0.5, 0.6) is 0 Å². The maximum atomic E-state index is 12.3. The number of piperidine rings is 1. The lowest BCUT2D eigenvalue weighted by Crippen LogP contribution is -2.49. The first-order valence-corrected chi connectivity index (χ1v) is 7.27. The third-order valence-corrected chi connectivity index (χ3v) is 4.52. The number of hydrogen-bond donors (Lipinski definition) is 1. The molecule has 19 heavy (non-hydrogen) atoms. The van der Waals surface area contributed by atoms with Gasteiger partial charge in [0.25, 0.3) is 0 Å². The van der Waals surface area contributed by atoms with Crippen LogP contribution in [-0.2, 0) is 9.59 Å². The summed E-state index contributed by atoms with van der Waals surface area (Å²) in [5, 5.41) is 9.26. The van der Waals surface area contributed by atoms with Gasteiger partial charge in [-0.15, -0.1) is 0 Å². The molecule has 2 saturated heterocycles. The van der Waals surface area contributed by atoms with Gasteiger partial charge in [0, 0.05) is 12.6 Å². The molecule has 0 aromatic carbocycles. The Hall–Kier alpha value is -1.10. The van der Waals surface area contributed by atoms with Crippen molar-refractivity contribution in [3.63, 3.8) is 0 Å². The van der Waals surface area contributed by atoms with Crippen LogP contribution < -0.4 is 0 Å². The van der Waals surface area contributed by atoms with Crippen LogP contribution in [-0.4, -0.2) is 58.5 Å². The van der Waals surface area contributed by atoms with E-state index in [0.717, 1.165) is 25.8 Å². The lowest BCUT2D eigenvalue weighted by molar-refractivity contribution is -0.145. The summed E-state index contributed by atoms with van der Waals surface area (Å²) in [6, 6.07) is -0.200. The number of rotatable bonds is 3. The summed E-state index contributed by atoms with van der Waals surface area (Å²) >= 11 is 0. The van der Waals surface area contributed by atoms with Gasteiger partial charge in [0.2, 0.25) is 5.91 Å². The molecule has 0 aliphatic carbocycles. The van der Waals surface area contributed by atoms with Crippen molar-refractivity contribution in [3.05, 3.63) is 0 Å². The SMILES string of the molecule is CC1CCN(CC(=O)N2CCCCC2C)C1C(=O)O. The van der Waals surface area contributed by atoms with Gasteiger partial charge in [-0.05, 0) is 45.1 Å². The van der Waals surface area contributed by atoms with Gasteiger partial charge in [0.05, 0.1) is 6.54 Å². The Labute approximate surface area is 114 Å². The van der Waals surface area contributed by atoms with E-state index < -0.39 is 12.0 Å². The predicted molar refractivity (Wildman–Crippen MR) is 71.8 cm³/mol. The Morgan fingerprint density at radius 3 is 2.53 bits per heavy atom. The largest absolute Gasteiger partial charge is 0.480 e. The van der Waals surface area contributed by atoms with Gasteiger partial charge in [-0.25, -0.2) is 0 Å². The van der Waals surface area contributed by atoms with Crippen LogP contribution in [0.4, 0.5) is 0 Å². The summed E-state index contributed by atoms with van der Waals surface area (Å²) in [5.74, 6) is -0.582. The van der Waals surface area contributed by atoms with Crippen molar-refractivity contribution in [1.82, 2.24) is 9.80 Å². The Morgan fingerprint density at radius 1 is 1.16 bits per heavy atom. The van der Waals surface area contributed by atoms with Crippen LogP contribution in [0, 0.1) is 5.92 Å².